The SMILES string of the molecule is Cc1cc(-c2ncnn3cc(N4CCN(C(=O)C5CCCC(C)(NC=O)C5)CC4)cc23)ccc1CNC(=O)c1noc(C(C)(C)C)n1. The monoisotopic (exact) mass is 641 g/mol. The summed E-state index contributed by atoms with van der Waals surface area (Å²) in [6.07, 6.45) is 7.71. The van der Waals surface area contributed by atoms with Gasteiger partial charge in [-0.2, -0.15) is 10.1 Å². The number of aromatic nitrogens is 5. The van der Waals surface area contributed by atoms with Crippen LogP contribution in [0.3, 0.4) is 0 Å². The molecule has 3 amide bonds. The maximum absolute atomic E-state index is 13.4. The van der Waals surface area contributed by atoms with Gasteiger partial charge in [-0.05, 0) is 56.4 Å². The van der Waals surface area contributed by atoms with Gasteiger partial charge in [0.2, 0.25) is 18.2 Å². The Kier molecular flexibility index (Phi) is 8.73. The Morgan fingerprint density at radius 2 is 1.94 bits per heavy atom. The maximum atomic E-state index is 13.4. The first-order valence-corrected chi connectivity index (χ1v) is 16.2. The van der Waals surface area contributed by atoms with Crippen LogP contribution in [0.25, 0.3) is 16.8 Å². The average Bonchev–Trinajstić information content (AvgIpc) is 3.72. The van der Waals surface area contributed by atoms with Crippen LogP contribution < -0.4 is 15.5 Å². The Morgan fingerprint density at radius 3 is 2.64 bits per heavy atom. The third-order valence-corrected chi connectivity index (χ3v) is 9.41. The van der Waals surface area contributed by atoms with Gasteiger partial charge in [0.1, 0.15) is 6.33 Å². The predicted molar refractivity (Wildman–Crippen MR) is 176 cm³/mol. The van der Waals surface area contributed by atoms with Crippen molar-refractivity contribution >= 4 is 29.4 Å². The highest BCUT2D eigenvalue weighted by Gasteiger charge is 2.37. The number of carbonyl (C=O) groups is 3. The number of hydrogen-bond donors (Lipinski definition) is 2. The Balaban J connectivity index is 1.10. The van der Waals surface area contributed by atoms with Gasteiger partial charge in [0.25, 0.3) is 11.7 Å². The summed E-state index contributed by atoms with van der Waals surface area (Å²) >= 11 is 0. The predicted octanol–water partition coefficient (Wildman–Crippen LogP) is 3.66. The van der Waals surface area contributed by atoms with Gasteiger partial charge in [0, 0.05) is 55.2 Å². The van der Waals surface area contributed by atoms with Gasteiger partial charge in [-0.15, -0.1) is 0 Å². The number of nitrogens with zero attached hydrogens (tertiary/aromatic N) is 7. The maximum Gasteiger partial charge on any atom is 0.292 e. The molecule has 0 radical (unpaired) electrons. The Morgan fingerprint density at radius 1 is 1.15 bits per heavy atom. The molecule has 2 unspecified atom stereocenters. The largest absolute Gasteiger partial charge is 0.367 e. The molecule has 2 aliphatic rings. The number of hydrogen-bond acceptors (Lipinski definition) is 9. The number of piperazine rings is 1. The molecule has 47 heavy (non-hydrogen) atoms. The van der Waals surface area contributed by atoms with Crippen molar-refractivity contribution in [3.8, 4) is 11.3 Å². The fourth-order valence-corrected chi connectivity index (χ4v) is 6.64. The van der Waals surface area contributed by atoms with E-state index in [-0.39, 0.29) is 34.5 Å². The van der Waals surface area contributed by atoms with Gasteiger partial charge in [-0.3, -0.25) is 14.4 Å². The molecule has 13 nitrogen and oxygen atoms in total. The molecule has 4 aromatic rings. The van der Waals surface area contributed by atoms with Crippen molar-refractivity contribution in [3.05, 3.63) is 59.6 Å². The highest BCUT2D eigenvalue weighted by Crippen LogP contribution is 2.34. The number of aryl methyl sites for hydroxylation is 1. The van der Waals surface area contributed by atoms with E-state index in [4.69, 9.17) is 4.52 Å². The molecule has 248 valence electrons. The van der Waals surface area contributed by atoms with Gasteiger partial charge >= 0.3 is 0 Å². The molecule has 1 aliphatic heterocycles. The van der Waals surface area contributed by atoms with Crippen molar-refractivity contribution in [2.24, 2.45) is 5.92 Å². The minimum absolute atomic E-state index is 0.0185. The summed E-state index contributed by atoms with van der Waals surface area (Å²) in [7, 11) is 0. The quantitative estimate of drug-likeness (QED) is 0.275. The lowest BCUT2D eigenvalue weighted by Crippen LogP contribution is -2.53. The normalized spacial score (nSPS) is 20.3. The summed E-state index contributed by atoms with van der Waals surface area (Å²) in [6.45, 7) is 13.0. The first kappa shape index (κ1) is 32.1. The lowest BCUT2D eigenvalue weighted by molar-refractivity contribution is -0.138. The number of fused-ring (bicyclic) bond motifs is 1. The molecule has 6 rings (SSSR count). The molecule has 1 saturated carbocycles. The second-order valence-corrected chi connectivity index (χ2v) is 14.1. The van der Waals surface area contributed by atoms with E-state index in [0.717, 1.165) is 72.4 Å². The Bertz CT molecular complexity index is 1780. The van der Waals surface area contributed by atoms with E-state index in [1.165, 1.54) is 0 Å². The van der Waals surface area contributed by atoms with Gasteiger partial charge in [-0.25, -0.2) is 9.50 Å². The number of nitrogens with one attached hydrogen (secondary N) is 2. The molecule has 1 aliphatic carbocycles. The smallest absolute Gasteiger partial charge is 0.292 e. The minimum atomic E-state index is -0.389. The van der Waals surface area contributed by atoms with E-state index in [2.05, 4.69) is 47.9 Å². The van der Waals surface area contributed by atoms with Gasteiger partial charge < -0.3 is 25.0 Å². The van der Waals surface area contributed by atoms with Gasteiger partial charge in [0.05, 0.1) is 23.1 Å². The van der Waals surface area contributed by atoms with Crippen LogP contribution in [0.1, 0.15) is 81.0 Å². The van der Waals surface area contributed by atoms with E-state index in [0.29, 0.717) is 31.9 Å². The number of carbonyl (C=O) groups excluding carboxylic acids is 3. The van der Waals surface area contributed by atoms with Crippen LogP contribution in [0.4, 0.5) is 5.69 Å². The van der Waals surface area contributed by atoms with Crippen molar-refractivity contribution in [3.63, 3.8) is 0 Å². The summed E-state index contributed by atoms with van der Waals surface area (Å²) in [5, 5.41) is 14.1. The number of rotatable bonds is 8. The average molecular weight is 642 g/mol. The van der Waals surface area contributed by atoms with E-state index >= 15 is 0 Å². The van der Waals surface area contributed by atoms with Crippen molar-refractivity contribution < 1.29 is 18.9 Å². The highest BCUT2D eigenvalue weighted by molar-refractivity contribution is 5.90. The Labute approximate surface area is 274 Å². The summed E-state index contributed by atoms with van der Waals surface area (Å²) in [5.74, 6) is 0.186. The van der Waals surface area contributed by atoms with E-state index < -0.39 is 0 Å². The number of anilines is 1. The van der Waals surface area contributed by atoms with Crippen LogP contribution >= 0.6 is 0 Å². The van der Waals surface area contributed by atoms with Crippen molar-refractivity contribution in [2.75, 3.05) is 31.1 Å². The summed E-state index contributed by atoms with van der Waals surface area (Å²) < 4.78 is 7.10. The molecular formula is C34H43N9O4. The molecule has 1 saturated heterocycles. The fourth-order valence-electron chi connectivity index (χ4n) is 6.64. The number of benzene rings is 1. The van der Waals surface area contributed by atoms with Gasteiger partial charge in [-0.1, -0.05) is 44.5 Å². The number of amides is 3. The van der Waals surface area contributed by atoms with Crippen molar-refractivity contribution in [1.82, 2.24) is 40.3 Å². The van der Waals surface area contributed by atoms with Crippen LogP contribution in [0.15, 0.2) is 41.3 Å². The van der Waals surface area contributed by atoms with Crippen LogP contribution in [-0.2, 0) is 21.5 Å². The van der Waals surface area contributed by atoms with Crippen LogP contribution in [0.5, 0.6) is 0 Å². The Hall–Kier alpha value is -4.81. The zero-order valence-corrected chi connectivity index (χ0v) is 27.7. The highest BCUT2D eigenvalue weighted by atomic mass is 16.5. The summed E-state index contributed by atoms with van der Waals surface area (Å²) in [6, 6.07) is 8.16. The summed E-state index contributed by atoms with van der Waals surface area (Å²) in [4.78, 5) is 50.3. The zero-order chi connectivity index (χ0) is 33.3. The molecule has 3 aromatic heterocycles. The van der Waals surface area contributed by atoms with Crippen LogP contribution in [0, 0.1) is 12.8 Å². The van der Waals surface area contributed by atoms with E-state index in [1.807, 2.05) is 62.4 Å². The molecule has 2 atom stereocenters. The van der Waals surface area contributed by atoms with Crippen molar-refractivity contribution in [1.29, 1.82) is 0 Å². The molecule has 0 spiro atoms. The molecule has 4 heterocycles. The van der Waals surface area contributed by atoms with E-state index in [9.17, 15) is 14.4 Å². The standard InChI is InChI=1S/C34H43N9O4/c1-22-15-23(8-9-25(22)18-35-30(45)29-39-32(47-40-29)33(2,3)4)28-27-16-26(19-43(27)38-20-36-28)41-11-13-42(14-12-41)31(46)24-7-6-10-34(5,17-24)37-21-44/h8-9,15-16,19-21,24H,6-7,10-14,17-18H2,1-5H3,(H,35,45)(H,37,44). The van der Waals surface area contributed by atoms with Crippen molar-refractivity contribution in [2.45, 2.75) is 77.8 Å². The topological polar surface area (TPSA) is 151 Å². The molecule has 0 bridgehead atoms. The second-order valence-electron chi connectivity index (χ2n) is 14.1. The first-order valence-electron chi connectivity index (χ1n) is 16.2. The van der Waals surface area contributed by atoms with Gasteiger partial charge in [0.15, 0.2) is 0 Å². The summed E-state index contributed by atoms with van der Waals surface area (Å²) in [5.41, 5.74) is 5.00. The third kappa shape index (κ3) is 6.84. The first-order chi connectivity index (χ1) is 22.4. The third-order valence-electron chi connectivity index (χ3n) is 9.41. The molecule has 2 fully saturated rings. The van der Waals surface area contributed by atoms with E-state index in [1.54, 1.807) is 6.33 Å². The molecule has 13 heteroatoms. The second kappa shape index (κ2) is 12.8. The molecule has 1 aromatic carbocycles. The fraction of sp³-hybridized carbons (Fsp3) is 0.500. The minimum Gasteiger partial charge on any atom is -0.367 e. The zero-order valence-electron chi connectivity index (χ0n) is 27.7. The molecular weight excluding hydrogens is 598 g/mol. The van der Waals surface area contributed by atoms with Crippen LogP contribution in [0.2, 0.25) is 0 Å². The molecule has 2 N–H and O–H groups in total. The lowest BCUT2D eigenvalue weighted by atomic mass is 9.76. The van der Waals surface area contributed by atoms with Crippen LogP contribution in [-0.4, -0.2) is 79.6 Å². The lowest BCUT2D eigenvalue weighted by Gasteiger charge is -2.41.